The topological polar surface area (TPSA) is 229 Å². The van der Waals surface area contributed by atoms with Crippen molar-refractivity contribution < 1.29 is 17.4 Å². The van der Waals surface area contributed by atoms with Gasteiger partial charge in [0.15, 0.2) is 21.6 Å². The van der Waals surface area contributed by atoms with Gasteiger partial charge in [-0.15, -0.1) is 5.10 Å². The number of para-hydroxylation sites is 1. The number of carbonyl (C=O) groups excluding carboxylic acids is 1. The Hall–Kier alpha value is -3.53. The number of hydrogen-bond donors (Lipinski definition) is 6. The van der Waals surface area contributed by atoms with Crippen LogP contribution in [-0.2, 0) is 25.6 Å². The zero-order valence-corrected chi connectivity index (χ0v) is 19.6. The number of rotatable bonds is 6. The first-order valence-electron chi connectivity index (χ1n) is 9.92. The number of likely N-dealkylation sites (tertiary alicyclic amines) is 1. The second kappa shape index (κ2) is 8.68. The number of aromatic nitrogens is 2. The van der Waals surface area contributed by atoms with E-state index in [-0.39, 0.29) is 46.1 Å². The van der Waals surface area contributed by atoms with Crippen molar-refractivity contribution in [1.29, 1.82) is 0 Å². The van der Waals surface area contributed by atoms with Crippen LogP contribution in [-0.4, -0.2) is 57.6 Å². The van der Waals surface area contributed by atoms with Crippen molar-refractivity contribution in [3.63, 3.8) is 0 Å². The summed E-state index contributed by atoms with van der Waals surface area (Å²) in [7, 11) is -6.31. The third kappa shape index (κ3) is 3.87. The summed E-state index contributed by atoms with van der Waals surface area (Å²) in [6, 6.07) is 8.06. The van der Waals surface area contributed by atoms with Gasteiger partial charge in [0.1, 0.15) is 16.2 Å². The number of amides is 1. The number of fused-ring (bicyclic) bond motifs is 1. The van der Waals surface area contributed by atoms with Crippen molar-refractivity contribution in [3.05, 3.63) is 35.9 Å². The molecule has 1 unspecified atom stereocenters. The molecule has 1 amide bonds. The van der Waals surface area contributed by atoms with Crippen molar-refractivity contribution in [3.8, 4) is 11.1 Å². The van der Waals surface area contributed by atoms with Crippen molar-refractivity contribution in [2.24, 2.45) is 21.8 Å². The Labute approximate surface area is 197 Å². The van der Waals surface area contributed by atoms with Crippen LogP contribution >= 0.6 is 0 Å². The Bertz CT molecular complexity index is 1460. The minimum Gasteiger partial charge on any atom is -0.382 e. The lowest BCUT2D eigenvalue weighted by Gasteiger charge is -2.38. The summed E-state index contributed by atoms with van der Waals surface area (Å²) >= 11 is 0. The third-order valence-electron chi connectivity index (χ3n) is 5.62. The van der Waals surface area contributed by atoms with Gasteiger partial charge in [-0.2, -0.15) is 0 Å². The smallest absolute Gasteiger partial charge is 0.219 e. The van der Waals surface area contributed by atoms with Crippen LogP contribution in [0.2, 0.25) is 0 Å². The summed E-state index contributed by atoms with van der Waals surface area (Å²) in [5, 5.41) is 8.69. The SMILES string of the molecule is CC(=O)N1CC(S(=O)(=O)c2ccc(-c3cccc4[nH]c(N)nc34)c(/C(N)=N/NN)c2S(N)=O)C1. The number of nitrogens with zero attached hydrogens (tertiary/aromatic N) is 3. The van der Waals surface area contributed by atoms with Gasteiger partial charge < -0.3 is 21.4 Å². The van der Waals surface area contributed by atoms with E-state index >= 15 is 0 Å². The predicted molar refractivity (Wildman–Crippen MR) is 128 cm³/mol. The van der Waals surface area contributed by atoms with Gasteiger partial charge in [0, 0.05) is 31.1 Å². The second-order valence-electron chi connectivity index (χ2n) is 7.65. The Balaban J connectivity index is 1.99. The molecule has 4 rings (SSSR count). The van der Waals surface area contributed by atoms with Crippen LogP contribution in [0, 0.1) is 0 Å². The fourth-order valence-electron chi connectivity index (χ4n) is 3.93. The average Bonchev–Trinajstić information content (AvgIpc) is 3.11. The van der Waals surface area contributed by atoms with Crippen LogP contribution in [0.5, 0.6) is 0 Å². The molecular formula is C19H23N9O4S2. The molecule has 1 aliphatic rings. The lowest BCUT2D eigenvalue weighted by atomic mass is 9.97. The van der Waals surface area contributed by atoms with Crippen molar-refractivity contribution in [1.82, 2.24) is 20.4 Å². The van der Waals surface area contributed by atoms with Crippen LogP contribution in [0.25, 0.3) is 22.2 Å². The number of anilines is 1. The minimum atomic E-state index is -4.02. The average molecular weight is 506 g/mol. The van der Waals surface area contributed by atoms with Gasteiger partial charge in [0.25, 0.3) is 0 Å². The molecule has 1 atom stereocenters. The van der Waals surface area contributed by atoms with Gasteiger partial charge in [-0.25, -0.2) is 34.1 Å². The monoisotopic (exact) mass is 505 g/mol. The van der Waals surface area contributed by atoms with Crippen LogP contribution in [0.4, 0.5) is 5.95 Å². The highest BCUT2D eigenvalue weighted by Gasteiger charge is 2.42. The molecule has 2 aromatic carbocycles. The molecule has 15 heteroatoms. The Morgan fingerprint density at radius 2 is 1.97 bits per heavy atom. The van der Waals surface area contributed by atoms with E-state index in [0.717, 1.165) is 0 Å². The number of nitrogens with one attached hydrogen (secondary N) is 2. The van der Waals surface area contributed by atoms with E-state index in [0.29, 0.717) is 22.2 Å². The summed E-state index contributed by atoms with van der Waals surface area (Å²) in [5.41, 5.74) is 16.1. The summed E-state index contributed by atoms with van der Waals surface area (Å²) in [6.07, 6.45) is 0. The molecule has 1 aliphatic heterocycles. The van der Waals surface area contributed by atoms with E-state index in [1.54, 1.807) is 18.2 Å². The van der Waals surface area contributed by atoms with E-state index in [4.69, 9.17) is 22.4 Å². The number of aromatic amines is 1. The van der Waals surface area contributed by atoms with Gasteiger partial charge in [-0.3, -0.25) is 4.79 Å². The van der Waals surface area contributed by atoms with Crippen LogP contribution in [0.1, 0.15) is 12.5 Å². The number of H-pyrrole nitrogens is 1. The zero-order chi connectivity index (χ0) is 24.8. The molecular weight excluding hydrogens is 482 g/mol. The summed E-state index contributed by atoms with van der Waals surface area (Å²) in [4.78, 5) is 19.7. The Kier molecular flexibility index (Phi) is 6.03. The van der Waals surface area contributed by atoms with Gasteiger partial charge in [0.2, 0.25) is 5.91 Å². The molecule has 10 N–H and O–H groups in total. The number of nitrogen functional groups attached to an aromatic ring is 1. The first-order valence-corrected chi connectivity index (χ1v) is 12.7. The molecule has 0 saturated carbocycles. The van der Waals surface area contributed by atoms with Crippen molar-refractivity contribution >= 4 is 49.5 Å². The molecule has 0 radical (unpaired) electrons. The maximum atomic E-state index is 13.4. The van der Waals surface area contributed by atoms with E-state index in [2.05, 4.69) is 20.6 Å². The standard InChI is InChI=1S/C19H23N9O4S2/c1-9(29)28-7-10(8-28)34(31,32)14-6-5-11(15(17(14)33(23)30)18(20)26-27-22)12-3-2-4-13-16(12)25-19(21)24-13/h2-6,10,27H,7-8,22-23H2,1H3,(H2,20,26)(H3,21,24,25). The first-order chi connectivity index (χ1) is 16.1. The number of nitrogens with two attached hydrogens (primary N) is 4. The van der Waals surface area contributed by atoms with Crippen molar-refractivity contribution in [2.45, 2.75) is 22.0 Å². The van der Waals surface area contributed by atoms with E-state index in [1.165, 1.54) is 24.0 Å². The summed E-state index contributed by atoms with van der Waals surface area (Å²) < 4.78 is 39.6. The van der Waals surface area contributed by atoms with Gasteiger partial charge in [-0.1, -0.05) is 18.2 Å². The largest absolute Gasteiger partial charge is 0.382 e. The highest BCUT2D eigenvalue weighted by atomic mass is 32.2. The van der Waals surface area contributed by atoms with Gasteiger partial charge in [0.05, 0.1) is 20.8 Å². The quantitative estimate of drug-likeness (QED) is 0.103. The molecule has 34 heavy (non-hydrogen) atoms. The van der Waals surface area contributed by atoms with E-state index in [1.807, 2.05) is 0 Å². The Morgan fingerprint density at radius 3 is 2.59 bits per heavy atom. The highest BCUT2D eigenvalue weighted by molar-refractivity contribution is 7.93. The predicted octanol–water partition coefficient (Wildman–Crippen LogP) is -1.12. The minimum absolute atomic E-state index is 0.0190. The maximum Gasteiger partial charge on any atom is 0.219 e. The first kappa shape index (κ1) is 23.6. The molecule has 1 saturated heterocycles. The molecule has 0 spiro atoms. The molecule has 1 fully saturated rings. The fourth-order valence-corrected chi connectivity index (χ4v) is 6.94. The number of hydrogen-bond acceptors (Lipinski definition) is 9. The molecule has 1 aromatic heterocycles. The lowest BCUT2D eigenvalue weighted by molar-refractivity contribution is -0.131. The highest BCUT2D eigenvalue weighted by Crippen LogP contribution is 2.37. The Morgan fingerprint density at radius 1 is 1.26 bits per heavy atom. The molecule has 13 nitrogen and oxygen atoms in total. The van der Waals surface area contributed by atoms with E-state index < -0.39 is 26.1 Å². The molecule has 3 aromatic rings. The van der Waals surface area contributed by atoms with Crippen LogP contribution in [0.15, 0.2) is 45.2 Å². The van der Waals surface area contributed by atoms with Crippen molar-refractivity contribution in [2.75, 3.05) is 18.8 Å². The number of sulfone groups is 1. The number of imidazole rings is 1. The van der Waals surface area contributed by atoms with Crippen LogP contribution < -0.4 is 28.0 Å². The molecule has 0 aliphatic carbocycles. The summed E-state index contributed by atoms with van der Waals surface area (Å²) in [5.74, 6) is 5.02. The molecule has 2 heterocycles. The molecule has 180 valence electrons. The fraction of sp³-hybridized carbons (Fsp3) is 0.211. The molecule has 0 bridgehead atoms. The second-order valence-corrected chi connectivity index (χ2v) is 10.9. The number of hydrazine groups is 1. The number of carbonyl (C=O) groups is 1. The lowest BCUT2D eigenvalue weighted by Crippen LogP contribution is -2.56. The maximum absolute atomic E-state index is 13.4. The third-order valence-corrected chi connectivity index (χ3v) is 8.71. The normalized spacial score (nSPS) is 15.9. The number of benzene rings is 2. The van der Waals surface area contributed by atoms with Crippen LogP contribution in [0.3, 0.4) is 0 Å². The van der Waals surface area contributed by atoms with Gasteiger partial charge in [-0.05, 0) is 17.7 Å². The summed E-state index contributed by atoms with van der Waals surface area (Å²) in [6.45, 7) is 1.39. The zero-order valence-electron chi connectivity index (χ0n) is 18.0. The number of hydrazone groups is 1. The number of amidine groups is 1. The van der Waals surface area contributed by atoms with Gasteiger partial charge >= 0.3 is 0 Å². The van der Waals surface area contributed by atoms with E-state index in [9.17, 15) is 17.4 Å².